The maximum Gasteiger partial charge on any atom is 0.416 e. The molecule has 0 bridgehead atoms. The molecule has 0 saturated heterocycles. The van der Waals surface area contributed by atoms with E-state index in [2.05, 4.69) is 0 Å². The van der Waals surface area contributed by atoms with Gasteiger partial charge in [0.25, 0.3) is 5.56 Å². The average Bonchev–Trinajstić information content (AvgIpc) is 2.55. The van der Waals surface area contributed by atoms with E-state index < -0.39 is 34.5 Å². The molecule has 0 fully saturated rings. The molecule has 6 nitrogen and oxygen atoms in total. The van der Waals surface area contributed by atoms with Gasteiger partial charge in [0.05, 0.1) is 16.8 Å². The Hall–Kier alpha value is -3.49. The lowest BCUT2D eigenvalue weighted by atomic mass is 10.1. The lowest BCUT2D eigenvalue weighted by Gasteiger charge is -2.16. The third-order valence-electron chi connectivity index (χ3n) is 3.91. The third kappa shape index (κ3) is 2.73. The molecule has 0 atom stereocenters. The zero-order valence-electron chi connectivity index (χ0n) is 13.0. The van der Waals surface area contributed by atoms with Gasteiger partial charge in [-0.25, -0.2) is 4.79 Å². The molecular formula is C17H12F3N3O3. The fraction of sp³-hybridized carbons (Fsp3) is 0.0588. The van der Waals surface area contributed by atoms with Crippen molar-refractivity contribution in [3.8, 4) is 5.69 Å². The van der Waals surface area contributed by atoms with Crippen molar-refractivity contribution in [1.29, 1.82) is 0 Å². The van der Waals surface area contributed by atoms with Crippen LogP contribution in [0, 0.1) is 0 Å². The summed E-state index contributed by atoms with van der Waals surface area (Å²) in [5, 5.41) is 9.33. The van der Waals surface area contributed by atoms with Crippen LogP contribution in [-0.4, -0.2) is 15.6 Å². The quantitative estimate of drug-likeness (QED) is 0.606. The van der Waals surface area contributed by atoms with Crippen LogP contribution >= 0.6 is 0 Å². The Kier molecular flexibility index (Phi) is 3.87. The summed E-state index contributed by atoms with van der Waals surface area (Å²) >= 11 is 0. The number of carboxylic acids is 1. The second-order valence-electron chi connectivity index (χ2n) is 5.56. The number of fused-ring (bicyclic) bond motifs is 1. The van der Waals surface area contributed by atoms with Crippen molar-refractivity contribution in [2.24, 2.45) is 0 Å². The number of carboxylic acid groups (broad SMARTS) is 1. The number of alkyl halides is 3. The monoisotopic (exact) mass is 363 g/mol. The zero-order valence-corrected chi connectivity index (χ0v) is 13.0. The summed E-state index contributed by atoms with van der Waals surface area (Å²) in [6.45, 7) is 0. The highest BCUT2D eigenvalue weighted by atomic mass is 19.4. The van der Waals surface area contributed by atoms with Crippen LogP contribution < -0.4 is 17.0 Å². The molecule has 1 aromatic heterocycles. The van der Waals surface area contributed by atoms with Crippen LogP contribution in [0.25, 0.3) is 16.6 Å². The van der Waals surface area contributed by atoms with Gasteiger partial charge in [-0.05, 0) is 36.4 Å². The van der Waals surface area contributed by atoms with Crippen LogP contribution in [0.5, 0.6) is 0 Å². The first-order chi connectivity index (χ1) is 12.1. The maximum absolute atomic E-state index is 13.1. The van der Waals surface area contributed by atoms with E-state index in [1.54, 1.807) is 0 Å². The van der Waals surface area contributed by atoms with Crippen LogP contribution in [0.4, 0.5) is 24.5 Å². The number of aromatic nitrogens is 1. The third-order valence-corrected chi connectivity index (χ3v) is 3.91. The Bertz CT molecular complexity index is 1090. The van der Waals surface area contributed by atoms with Crippen LogP contribution in [0.2, 0.25) is 0 Å². The Labute approximate surface area is 144 Å². The Morgan fingerprint density at radius 2 is 1.65 bits per heavy atom. The smallest absolute Gasteiger partial charge is 0.416 e. The first kappa shape index (κ1) is 17.3. The molecule has 0 spiro atoms. The van der Waals surface area contributed by atoms with Gasteiger partial charge in [0.15, 0.2) is 0 Å². The summed E-state index contributed by atoms with van der Waals surface area (Å²) in [6, 6.07) is 8.27. The van der Waals surface area contributed by atoms with Crippen molar-refractivity contribution in [3.05, 3.63) is 63.9 Å². The van der Waals surface area contributed by atoms with Crippen LogP contribution in [0.15, 0.2) is 47.3 Å². The molecular weight excluding hydrogens is 351 g/mol. The first-order valence-corrected chi connectivity index (χ1v) is 7.26. The van der Waals surface area contributed by atoms with E-state index in [-0.39, 0.29) is 16.6 Å². The van der Waals surface area contributed by atoms with Gasteiger partial charge in [-0.15, -0.1) is 0 Å². The fourth-order valence-electron chi connectivity index (χ4n) is 2.68. The number of rotatable bonds is 2. The van der Waals surface area contributed by atoms with Crippen molar-refractivity contribution in [2.75, 3.05) is 11.5 Å². The molecule has 9 heteroatoms. The highest BCUT2D eigenvalue weighted by Gasteiger charge is 2.31. The Balaban J connectivity index is 2.51. The Morgan fingerprint density at radius 3 is 2.19 bits per heavy atom. The van der Waals surface area contributed by atoms with E-state index in [0.29, 0.717) is 5.69 Å². The van der Waals surface area contributed by atoms with E-state index in [9.17, 15) is 27.9 Å². The highest BCUT2D eigenvalue weighted by molar-refractivity contribution is 6.04. The molecule has 0 amide bonds. The van der Waals surface area contributed by atoms with E-state index >= 15 is 0 Å². The molecule has 134 valence electrons. The van der Waals surface area contributed by atoms with E-state index in [4.69, 9.17) is 11.5 Å². The molecule has 0 unspecified atom stereocenters. The standard InChI is InChI=1S/C17H12F3N3O3/c18-17(19,20)8-1-6-11-12(7-8)23(10-4-2-9(21)3-5-10)15(24)13(14(11)22)16(25)26/h1-7H,21-22H2,(H,25,26). The Morgan fingerprint density at radius 1 is 1.04 bits per heavy atom. The summed E-state index contributed by atoms with van der Waals surface area (Å²) in [4.78, 5) is 24.1. The van der Waals surface area contributed by atoms with Crippen molar-refractivity contribution in [2.45, 2.75) is 6.18 Å². The first-order valence-electron chi connectivity index (χ1n) is 7.26. The minimum absolute atomic E-state index is 0.0202. The number of hydrogen-bond acceptors (Lipinski definition) is 4. The van der Waals surface area contributed by atoms with Crippen molar-refractivity contribution in [1.82, 2.24) is 4.57 Å². The van der Waals surface area contributed by atoms with E-state index in [1.165, 1.54) is 24.3 Å². The van der Waals surface area contributed by atoms with Gasteiger partial charge in [-0.3, -0.25) is 9.36 Å². The maximum atomic E-state index is 13.1. The number of anilines is 2. The number of hydrogen-bond donors (Lipinski definition) is 3. The summed E-state index contributed by atoms with van der Waals surface area (Å²) in [7, 11) is 0. The lowest BCUT2D eigenvalue weighted by Crippen LogP contribution is -2.27. The van der Waals surface area contributed by atoms with E-state index in [1.807, 2.05) is 0 Å². The average molecular weight is 363 g/mol. The van der Waals surface area contributed by atoms with Crippen LogP contribution in [0.1, 0.15) is 15.9 Å². The lowest BCUT2D eigenvalue weighted by molar-refractivity contribution is -0.137. The number of carbonyl (C=O) groups is 1. The summed E-state index contributed by atoms with van der Waals surface area (Å²) in [5.74, 6) is -1.57. The van der Waals surface area contributed by atoms with Gasteiger partial charge in [0.1, 0.15) is 5.56 Å². The molecule has 0 saturated carbocycles. The molecule has 3 rings (SSSR count). The number of nitrogens with zero attached hydrogens (tertiary/aromatic N) is 1. The van der Waals surface area contributed by atoms with Gasteiger partial charge in [-0.2, -0.15) is 13.2 Å². The van der Waals surface area contributed by atoms with Crippen molar-refractivity contribution < 1.29 is 23.1 Å². The number of nitrogen functional groups attached to an aromatic ring is 2. The molecule has 0 aliphatic rings. The topological polar surface area (TPSA) is 111 Å². The second-order valence-corrected chi connectivity index (χ2v) is 5.56. The fourth-order valence-corrected chi connectivity index (χ4v) is 2.68. The van der Waals surface area contributed by atoms with Crippen molar-refractivity contribution >= 4 is 28.2 Å². The van der Waals surface area contributed by atoms with E-state index in [0.717, 1.165) is 22.8 Å². The van der Waals surface area contributed by atoms with Gasteiger partial charge in [0, 0.05) is 16.8 Å². The molecule has 1 heterocycles. The minimum Gasteiger partial charge on any atom is -0.477 e. The van der Waals surface area contributed by atoms with Gasteiger partial charge in [0.2, 0.25) is 0 Å². The zero-order chi connectivity index (χ0) is 19.2. The number of halogens is 3. The molecule has 3 aromatic rings. The van der Waals surface area contributed by atoms with Gasteiger partial charge in [-0.1, -0.05) is 6.07 Å². The number of benzene rings is 2. The molecule has 26 heavy (non-hydrogen) atoms. The largest absolute Gasteiger partial charge is 0.477 e. The predicted molar refractivity (Wildman–Crippen MR) is 90.3 cm³/mol. The van der Waals surface area contributed by atoms with Crippen LogP contribution in [0.3, 0.4) is 0 Å². The highest BCUT2D eigenvalue weighted by Crippen LogP contribution is 2.33. The SMILES string of the molecule is Nc1ccc(-n2c(=O)c(C(=O)O)c(N)c3ccc(C(F)(F)F)cc32)cc1. The predicted octanol–water partition coefficient (Wildman–Crippen LogP) is 2.87. The molecule has 2 aromatic carbocycles. The summed E-state index contributed by atoms with van der Waals surface area (Å²) < 4.78 is 40.1. The van der Waals surface area contributed by atoms with Crippen molar-refractivity contribution in [3.63, 3.8) is 0 Å². The van der Waals surface area contributed by atoms with Gasteiger partial charge >= 0.3 is 12.1 Å². The number of aromatic carboxylic acids is 1. The molecule has 0 aliphatic heterocycles. The second kappa shape index (κ2) is 5.80. The van der Waals surface area contributed by atoms with Gasteiger partial charge < -0.3 is 16.6 Å². The number of pyridine rings is 1. The summed E-state index contributed by atoms with van der Waals surface area (Å²) in [6.07, 6.45) is -4.64. The molecule has 0 aliphatic carbocycles. The minimum atomic E-state index is -4.64. The number of nitrogens with two attached hydrogens (primary N) is 2. The van der Waals surface area contributed by atoms with Crippen LogP contribution in [-0.2, 0) is 6.18 Å². The molecule has 0 radical (unpaired) electrons. The normalized spacial score (nSPS) is 11.7. The molecule has 5 N–H and O–H groups in total. The summed E-state index contributed by atoms with van der Waals surface area (Å²) in [5.41, 5.74) is 8.59.